The highest BCUT2D eigenvalue weighted by Gasteiger charge is 2.37. The molecule has 1 aromatic rings. The Labute approximate surface area is 145 Å². The highest BCUT2D eigenvalue weighted by atomic mass is 35.5. The van der Waals surface area contributed by atoms with Crippen LogP contribution < -0.4 is 11.1 Å². The molecule has 23 heavy (non-hydrogen) atoms. The lowest BCUT2D eigenvalue weighted by molar-refractivity contribution is -0.126. The average molecular weight is 337 g/mol. The highest BCUT2D eigenvalue weighted by molar-refractivity contribution is 5.85. The first-order valence-electron chi connectivity index (χ1n) is 8.78. The summed E-state index contributed by atoms with van der Waals surface area (Å²) in [5, 5.41) is 3.28. The van der Waals surface area contributed by atoms with Gasteiger partial charge in [0.05, 0.1) is 0 Å². The number of hydrogen-bond acceptors (Lipinski definition) is 2. The lowest BCUT2D eigenvalue weighted by Gasteiger charge is -2.31. The van der Waals surface area contributed by atoms with Gasteiger partial charge in [0, 0.05) is 17.9 Å². The summed E-state index contributed by atoms with van der Waals surface area (Å²) in [5.41, 5.74) is 7.35. The number of carbonyl (C=O) groups is 1. The molecule has 2 saturated carbocycles. The predicted octanol–water partition coefficient (Wildman–Crippen LogP) is 3.41. The normalized spacial score (nSPS) is 25.8. The number of amides is 1. The Morgan fingerprint density at radius 2 is 1.83 bits per heavy atom. The third-order valence-electron chi connectivity index (χ3n) is 5.85. The molecule has 2 atom stereocenters. The third-order valence-corrected chi connectivity index (χ3v) is 5.85. The molecular weight excluding hydrogens is 308 g/mol. The zero-order valence-corrected chi connectivity index (χ0v) is 14.6. The molecule has 0 unspecified atom stereocenters. The van der Waals surface area contributed by atoms with Gasteiger partial charge in [-0.2, -0.15) is 0 Å². The van der Waals surface area contributed by atoms with E-state index < -0.39 is 0 Å². The Bertz CT molecular complexity index is 499. The smallest absolute Gasteiger partial charge is 0.223 e. The van der Waals surface area contributed by atoms with E-state index in [1.807, 2.05) is 0 Å². The summed E-state index contributed by atoms with van der Waals surface area (Å²) in [4.78, 5) is 12.6. The monoisotopic (exact) mass is 336 g/mol. The topological polar surface area (TPSA) is 55.1 Å². The van der Waals surface area contributed by atoms with Crippen molar-refractivity contribution in [2.24, 2.45) is 17.6 Å². The van der Waals surface area contributed by atoms with Crippen LogP contribution in [-0.4, -0.2) is 19.0 Å². The van der Waals surface area contributed by atoms with Crippen LogP contribution >= 0.6 is 12.4 Å². The average Bonchev–Trinajstić information content (AvgIpc) is 3.23. The van der Waals surface area contributed by atoms with E-state index in [9.17, 15) is 4.79 Å². The number of hydrogen-bond donors (Lipinski definition) is 2. The maximum atomic E-state index is 12.6. The van der Waals surface area contributed by atoms with E-state index in [0.717, 1.165) is 25.8 Å². The molecule has 0 saturated heterocycles. The summed E-state index contributed by atoms with van der Waals surface area (Å²) < 4.78 is 0. The van der Waals surface area contributed by atoms with Gasteiger partial charge in [-0.3, -0.25) is 4.79 Å². The second kappa shape index (κ2) is 8.16. The standard InChI is InChI=1S/C19H28N2O.ClH/c20-13-15-7-6-10-17(15)18(22)21-14-19(11-4-5-12-19)16-8-2-1-3-9-16;/h1-3,8-9,15,17H,4-7,10-14,20H2,(H,21,22);1H/t15-,17-;/m1./s1. The van der Waals surface area contributed by atoms with Crippen LogP contribution in [0.15, 0.2) is 30.3 Å². The predicted molar refractivity (Wildman–Crippen MR) is 96.7 cm³/mol. The Kier molecular flexibility index (Phi) is 6.49. The van der Waals surface area contributed by atoms with Crippen molar-refractivity contribution < 1.29 is 4.79 Å². The summed E-state index contributed by atoms with van der Waals surface area (Å²) in [6.07, 6.45) is 8.15. The second-order valence-corrected chi connectivity index (χ2v) is 7.10. The van der Waals surface area contributed by atoms with Crippen molar-refractivity contribution in [3.8, 4) is 0 Å². The van der Waals surface area contributed by atoms with E-state index >= 15 is 0 Å². The first-order chi connectivity index (χ1) is 10.7. The van der Waals surface area contributed by atoms with Crippen molar-refractivity contribution >= 4 is 18.3 Å². The quantitative estimate of drug-likeness (QED) is 0.865. The summed E-state index contributed by atoms with van der Waals surface area (Å²) >= 11 is 0. The van der Waals surface area contributed by atoms with Crippen LogP contribution in [0.3, 0.4) is 0 Å². The molecule has 0 aromatic heterocycles. The van der Waals surface area contributed by atoms with Crippen LogP contribution in [0.25, 0.3) is 0 Å². The molecule has 2 aliphatic carbocycles. The van der Waals surface area contributed by atoms with Crippen molar-refractivity contribution in [2.45, 2.75) is 50.4 Å². The number of nitrogens with two attached hydrogens (primary N) is 1. The van der Waals surface area contributed by atoms with Gasteiger partial charge < -0.3 is 11.1 Å². The summed E-state index contributed by atoms with van der Waals surface area (Å²) in [6.45, 7) is 1.42. The molecule has 3 N–H and O–H groups in total. The van der Waals surface area contributed by atoms with Gasteiger partial charge in [-0.1, -0.05) is 49.6 Å². The van der Waals surface area contributed by atoms with E-state index in [1.165, 1.54) is 31.2 Å². The number of nitrogens with one attached hydrogen (secondary N) is 1. The summed E-state index contributed by atoms with van der Waals surface area (Å²) in [7, 11) is 0. The number of carbonyl (C=O) groups excluding carboxylic acids is 1. The Hall–Kier alpha value is -1.06. The van der Waals surface area contributed by atoms with Gasteiger partial charge in [-0.05, 0) is 43.7 Å². The minimum absolute atomic E-state index is 0. The summed E-state index contributed by atoms with van der Waals surface area (Å²) in [6, 6.07) is 10.7. The van der Waals surface area contributed by atoms with Crippen molar-refractivity contribution in [3.63, 3.8) is 0 Å². The van der Waals surface area contributed by atoms with Gasteiger partial charge in [0.1, 0.15) is 0 Å². The lowest BCUT2D eigenvalue weighted by atomic mass is 9.78. The zero-order valence-electron chi connectivity index (χ0n) is 13.8. The Balaban J connectivity index is 0.00000192. The fraction of sp³-hybridized carbons (Fsp3) is 0.632. The van der Waals surface area contributed by atoms with Gasteiger partial charge in [-0.25, -0.2) is 0 Å². The molecule has 0 radical (unpaired) electrons. The van der Waals surface area contributed by atoms with Crippen molar-refractivity contribution in [2.75, 3.05) is 13.1 Å². The molecule has 0 aliphatic heterocycles. The molecule has 1 aromatic carbocycles. The molecule has 4 heteroatoms. The molecule has 3 nitrogen and oxygen atoms in total. The SMILES string of the molecule is Cl.NC[C@H]1CCC[C@H]1C(=O)NCC1(c2ccccc2)CCCC1. The summed E-state index contributed by atoms with van der Waals surface area (Å²) in [5.74, 6) is 0.755. The lowest BCUT2D eigenvalue weighted by Crippen LogP contribution is -2.42. The van der Waals surface area contributed by atoms with E-state index in [2.05, 4.69) is 35.6 Å². The van der Waals surface area contributed by atoms with Gasteiger partial charge in [0.15, 0.2) is 0 Å². The number of rotatable bonds is 5. The highest BCUT2D eigenvalue weighted by Crippen LogP contribution is 2.40. The second-order valence-electron chi connectivity index (χ2n) is 7.10. The fourth-order valence-corrected chi connectivity index (χ4v) is 4.46. The van der Waals surface area contributed by atoms with Crippen LogP contribution in [0.5, 0.6) is 0 Å². The molecule has 2 fully saturated rings. The van der Waals surface area contributed by atoms with Crippen LogP contribution in [0.1, 0.15) is 50.5 Å². The Morgan fingerprint density at radius 1 is 1.13 bits per heavy atom. The number of benzene rings is 1. The largest absolute Gasteiger partial charge is 0.355 e. The first kappa shape index (κ1) is 18.3. The van der Waals surface area contributed by atoms with E-state index in [1.54, 1.807) is 0 Å². The van der Waals surface area contributed by atoms with Crippen LogP contribution in [-0.2, 0) is 10.2 Å². The van der Waals surface area contributed by atoms with Crippen molar-refractivity contribution in [1.29, 1.82) is 0 Å². The maximum Gasteiger partial charge on any atom is 0.223 e. The molecule has 2 aliphatic rings. The molecule has 128 valence electrons. The van der Waals surface area contributed by atoms with Crippen molar-refractivity contribution in [3.05, 3.63) is 35.9 Å². The molecule has 3 rings (SSSR count). The third kappa shape index (κ3) is 3.89. The van der Waals surface area contributed by atoms with E-state index in [0.29, 0.717) is 12.5 Å². The first-order valence-corrected chi connectivity index (χ1v) is 8.78. The minimum atomic E-state index is 0. The zero-order chi connectivity index (χ0) is 15.4. The Morgan fingerprint density at radius 3 is 2.48 bits per heavy atom. The molecular formula is C19H29ClN2O. The molecule has 0 bridgehead atoms. The minimum Gasteiger partial charge on any atom is -0.355 e. The number of halogens is 1. The van der Waals surface area contributed by atoms with Gasteiger partial charge in [0.2, 0.25) is 5.91 Å². The van der Waals surface area contributed by atoms with Gasteiger partial charge in [-0.15, -0.1) is 12.4 Å². The molecule has 0 spiro atoms. The van der Waals surface area contributed by atoms with Crippen molar-refractivity contribution in [1.82, 2.24) is 5.32 Å². The van der Waals surface area contributed by atoms with E-state index in [4.69, 9.17) is 5.73 Å². The van der Waals surface area contributed by atoms with Crippen LogP contribution in [0, 0.1) is 11.8 Å². The van der Waals surface area contributed by atoms with Gasteiger partial charge >= 0.3 is 0 Å². The van der Waals surface area contributed by atoms with Crippen LogP contribution in [0.4, 0.5) is 0 Å². The van der Waals surface area contributed by atoms with E-state index in [-0.39, 0.29) is 29.6 Å². The fourth-order valence-electron chi connectivity index (χ4n) is 4.46. The van der Waals surface area contributed by atoms with Gasteiger partial charge in [0.25, 0.3) is 0 Å². The maximum absolute atomic E-state index is 12.6. The molecule has 0 heterocycles. The molecule has 1 amide bonds. The van der Waals surface area contributed by atoms with Crippen LogP contribution in [0.2, 0.25) is 0 Å².